The van der Waals surface area contributed by atoms with Gasteiger partial charge in [0.25, 0.3) is 0 Å². The largest absolute Gasteiger partial charge is 0.512 e. The number of rotatable bonds is 9. The van der Waals surface area contributed by atoms with Gasteiger partial charge in [0.15, 0.2) is 11.4 Å². The van der Waals surface area contributed by atoms with Crippen molar-refractivity contribution in [3.8, 4) is 17.1 Å². The van der Waals surface area contributed by atoms with E-state index < -0.39 is 30.7 Å². The van der Waals surface area contributed by atoms with Crippen LogP contribution in [-0.4, -0.2) is 82.2 Å². The lowest BCUT2D eigenvalue weighted by Gasteiger charge is -2.40. The number of anilines is 1. The number of alkyl halides is 3. The Balaban J connectivity index is 2.11. The lowest BCUT2D eigenvalue weighted by atomic mass is 9.90. The summed E-state index contributed by atoms with van der Waals surface area (Å²) >= 11 is 6.50. The zero-order valence-electron chi connectivity index (χ0n) is 22.2. The van der Waals surface area contributed by atoms with Gasteiger partial charge in [0.2, 0.25) is 0 Å². The highest BCUT2D eigenvalue weighted by Crippen LogP contribution is 2.41. The highest BCUT2D eigenvalue weighted by atomic mass is 35.5. The first-order chi connectivity index (χ1) is 18.2. The number of hydrogen-bond acceptors (Lipinski definition) is 9. The monoisotopic (exact) mass is 571 g/mol. The van der Waals surface area contributed by atoms with Crippen LogP contribution in [0.25, 0.3) is 17.0 Å². The Kier molecular flexibility index (Phi) is 9.47. The Bertz CT molecular complexity index is 1240. The molecule has 0 unspecified atom stereocenters. The Hall–Kier alpha value is -2.93. The molecule has 1 aliphatic heterocycles. The van der Waals surface area contributed by atoms with Gasteiger partial charge in [-0.2, -0.15) is 13.2 Å². The predicted octanol–water partition coefficient (Wildman–Crippen LogP) is 4.29. The van der Waals surface area contributed by atoms with Crippen LogP contribution < -0.4 is 15.0 Å². The van der Waals surface area contributed by atoms with E-state index in [2.05, 4.69) is 15.3 Å². The number of ether oxygens (including phenoxy) is 1. The minimum Gasteiger partial charge on any atom is -0.512 e. The number of benzene rings is 1. The number of allylic oxidation sites excluding steroid dienone is 2. The van der Waals surface area contributed by atoms with Crippen LogP contribution in [0.2, 0.25) is 5.02 Å². The molecule has 13 heteroatoms. The summed E-state index contributed by atoms with van der Waals surface area (Å²) in [4.78, 5) is 10.9. The van der Waals surface area contributed by atoms with Crippen LogP contribution in [0.5, 0.6) is 5.75 Å². The molecule has 0 spiro atoms. The van der Waals surface area contributed by atoms with Crippen LogP contribution in [0.3, 0.4) is 0 Å². The average molecular weight is 572 g/mol. The number of nitrogens with one attached hydrogen (secondary N) is 2. The summed E-state index contributed by atoms with van der Waals surface area (Å²) < 4.78 is 45.9. The van der Waals surface area contributed by atoms with Crippen molar-refractivity contribution < 1.29 is 33.2 Å². The fourth-order valence-corrected chi connectivity index (χ4v) is 4.62. The highest BCUT2D eigenvalue weighted by Gasteiger charge is 2.54. The number of nitrogens with zero attached hydrogens (tertiary/aromatic N) is 3. The Labute approximate surface area is 229 Å². The van der Waals surface area contributed by atoms with Gasteiger partial charge in [0, 0.05) is 49.3 Å². The average Bonchev–Trinajstić information content (AvgIpc) is 2.84. The van der Waals surface area contributed by atoms with Crippen LogP contribution >= 0.6 is 11.6 Å². The van der Waals surface area contributed by atoms with Crippen molar-refractivity contribution in [1.82, 2.24) is 15.3 Å². The number of piperidine rings is 1. The zero-order chi connectivity index (χ0) is 29.1. The van der Waals surface area contributed by atoms with Gasteiger partial charge in [-0.3, -0.25) is 0 Å². The zero-order valence-corrected chi connectivity index (χ0v) is 22.9. The first kappa shape index (κ1) is 30.6. The molecule has 214 valence electrons. The van der Waals surface area contributed by atoms with E-state index in [9.17, 15) is 28.5 Å². The molecule has 1 aliphatic rings. The molecular formula is C26H33ClF3N5O4. The molecule has 39 heavy (non-hydrogen) atoms. The standard InChI is InChI=1S/C26H33ClF3N5O4/c1-14-22(21(15(2)31)16(3)36)33-23(19-11-18(5-6-20(19)27)39-13-17(37)12-32-4)34-24(14)35-9-7-25(38,8-10-35)26(28,29)30/h5-6,11,17,31-32,36-38H,7-10,12-13H2,1-4H3/b21-16+,31-15?/t17-/m1/s1. The number of hydrogen-bond donors (Lipinski definition) is 5. The second-order valence-corrected chi connectivity index (χ2v) is 10.0. The fraction of sp³-hybridized carbons (Fsp3) is 0.500. The molecule has 0 radical (unpaired) electrons. The lowest BCUT2D eigenvalue weighted by Crippen LogP contribution is -2.53. The number of aliphatic hydroxyl groups is 3. The van der Waals surface area contributed by atoms with Crippen molar-refractivity contribution in [2.24, 2.45) is 0 Å². The Morgan fingerprint density at radius 2 is 1.90 bits per heavy atom. The van der Waals surface area contributed by atoms with Crippen LogP contribution in [0.15, 0.2) is 24.0 Å². The fourth-order valence-electron chi connectivity index (χ4n) is 4.42. The summed E-state index contributed by atoms with van der Waals surface area (Å²) in [6.45, 7) is 4.63. The van der Waals surface area contributed by atoms with Crippen LogP contribution in [0, 0.1) is 12.3 Å². The van der Waals surface area contributed by atoms with Gasteiger partial charge < -0.3 is 35.7 Å². The van der Waals surface area contributed by atoms with Crippen LogP contribution in [0.4, 0.5) is 19.0 Å². The third-order valence-corrected chi connectivity index (χ3v) is 6.90. The van der Waals surface area contributed by atoms with E-state index in [1.807, 2.05) is 0 Å². The topological polar surface area (TPSA) is 135 Å². The summed E-state index contributed by atoms with van der Waals surface area (Å²) in [5, 5.41) is 41.8. The molecule has 1 aromatic heterocycles. The molecule has 9 nitrogen and oxygen atoms in total. The quantitative estimate of drug-likeness (QED) is 0.222. The molecule has 2 heterocycles. The van der Waals surface area contributed by atoms with Gasteiger partial charge in [0.1, 0.15) is 30.0 Å². The van der Waals surface area contributed by atoms with E-state index >= 15 is 0 Å². The van der Waals surface area contributed by atoms with E-state index in [1.54, 1.807) is 37.1 Å². The molecule has 0 amide bonds. The molecule has 1 saturated heterocycles. The van der Waals surface area contributed by atoms with Gasteiger partial charge in [0.05, 0.1) is 16.3 Å². The minimum absolute atomic E-state index is 0.00660. The highest BCUT2D eigenvalue weighted by molar-refractivity contribution is 6.33. The molecule has 1 aromatic carbocycles. The third-order valence-electron chi connectivity index (χ3n) is 6.57. The Morgan fingerprint density at radius 3 is 2.44 bits per heavy atom. The summed E-state index contributed by atoms with van der Waals surface area (Å²) in [5.74, 6) is 0.620. The minimum atomic E-state index is -4.76. The number of likely N-dealkylation sites (N-methyl/N-ethyl adjacent to an activating group) is 1. The molecular weight excluding hydrogens is 539 g/mol. The van der Waals surface area contributed by atoms with Crippen LogP contribution in [0.1, 0.15) is 37.9 Å². The maximum Gasteiger partial charge on any atom is 0.417 e. The molecule has 3 rings (SSSR count). The van der Waals surface area contributed by atoms with Crippen LogP contribution in [-0.2, 0) is 0 Å². The number of halogens is 4. The van der Waals surface area contributed by atoms with Crippen molar-refractivity contribution in [3.05, 3.63) is 40.2 Å². The van der Waals surface area contributed by atoms with Crippen molar-refractivity contribution in [3.63, 3.8) is 0 Å². The second-order valence-electron chi connectivity index (χ2n) is 9.61. The second kappa shape index (κ2) is 12.1. The van der Waals surface area contributed by atoms with Crippen molar-refractivity contribution >= 4 is 28.7 Å². The molecule has 0 bridgehead atoms. The SMILES string of the molecule is CNC[C@@H](O)COc1ccc(Cl)c(-c2nc(/C(C(C)=N)=C(\C)O)c(C)c(N3CCC(O)(C(F)(F)F)CC3)n2)c1. The predicted molar refractivity (Wildman–Crippen MR) is 144 cm³/mol. The van der Waals surface area contributed by atoms with Gasteiger partial charge in [-0.15, -0.1) is 0 Å². The van der Waals surface area contributed by atoms with Gasteiger partial charge in [-0.25, -0.2) is 9.97 Å². The maximum atomic E-state index is 13.4. The third kappa shape index (κ3) is 6.81. The van der Waals surface area contributed by atoms with Crippen molar-refractivity contribution in [1.29, 1.82) is 5.41 Å². The van der Waals surface area contributed by atoms with Gasteiger partial charge in [-0.05, 0) is 46.0 Å². The van der Waals surface area contributed by atoms with E-state index in [0.717, 1.165) is 0 Å². The van der Waals surface area contributed by atoms with E-state index in [0.29, 0.717) is 29.2 Å². The smallest absolute Gasteiger partial charge is 0.417 e. The van der Waals surface area contributed by atoms with Crippen molar-refractivity contribution in [2.75, 3.05) is 38.2 Å². The molecule has 2 aromatic rings. The van der Waals surface area contributed by atoms with Crippen molar-refractivity contribution in [2.45, 2.75) is 51.5 Å². The number of aliphatic hydroxyl groups excluding tert-OH is 2. The normalized spacial score (nSPS) is 17.0. The Morgan fingerprint density at radius 1 is 1.26 bits per heavy atom. The molecule has 0 saturated carbocycles. The van der Waals surface area contributed by atoms with Gasteiger partial charge >= 0.3 is 6.18 Å². The van der Waals surface area contributed by atoms with E-state index in [-0.39, 0.29) is 53.3 Å². The molecule has 1 fully saturated rings. The first-order valence-corrected chi connectivity index (χ1v) is 12.7. The molecule has 0 aliphatic carbocycles. The maximum absolute atomic E-state index is 13.4. The summed E-state index contributed by atoms with van der Waals surface area (Å²) in [7, 11) is 1.70. The van der Waals surface area contributed by atoms with E-state index in [1.165, 1.54) is 13.8 Å². The van der Waals surface area contributed by atoms with E-state index in [4.69, 9.17) is 21.7 Å². The summed E-state index contributed by atoms with van der Waals surface area (Å²) in [6.07, 6.45) is -6.61. The lowest BCUT2D eigenvalue weighted by molar-refractivity contribution is -0.266. The number of aromatic nitrogens is 2. The molecule has 1 atom stereocenters. The summed E-state index contributed by atoms with van der Waals surface area (Å²) in [5.41, 5.74) is -1.58. The summed E-state index contributed by atoms with van der Waals surface area (Å²) in [6, 6.07) is 4.76. The molecule has 5 N–H and O–H groups in total. The first-order valence-electron chi connectivity index (χ1n) is 12.3. The van der Waals surface area contributed by atoms with Gasteiger partial charge in [-0.1, -0.05) is 11.6 Å².